The maximum Gasteiger partial charge on any atom is 0.155 e. The molecule has 0 spiro atoms. The first-order chi connectivity index (χ1) is 19.2. The van der Waals surface area contributed by atoms with E-state index in [1.165, 1.54) is 5.69 Å². The fourth-order valence-corrected chi connectivity index (χ4v) is 5.20. The molecular formula is C32H32N4O3. The van der Waals surface area contributed by atoms with Gasteiger partial charge in [0.25, 0.3) is 0 Å². The summed E-state index contributed by atoms with van der Waals surface area (Å²) in [5.74, 6) is 3.17. The number of hydrogen-bond acceptors (Lipinski definition) is 6. The van der Waals surface area contributed by atoms with E-state index < -0.39 is 0 Å². The van der Waals surface area contributed by atoms with Crippen LogP contribution in [0.4, 0.5) is 5.69 Å². The molecule has 1 aromatic heterocycles. The van der Waals surface area contributed by atoms with E-state index in [0.717, 1.165) is 71.3 Å². The maximum absolute atomic E-state index is 6.44. The van der Waals surface area contributed by atoms with Gasteiger partial charge in [0.15, 0.2) is 5.75 Å². The molecule has 7 heteroatoms. The van der Waals surface area contributed by atoms with Gasteiger partial charge in [0.2, 0.25) is 0 Å². The summed E-state index contributed by atoms with van der Waals surface area (Å²) in [6.07, 6.45) is 1.90. The lowest BCUT2D eigenvalue weighted by atomic mass is 9.98. The van der Waals surface area contributed by atoms with E-state index in [1.54, 1.807) is 14.2 Å². The second kappa shape index (κ2) is 11.1. The lowest BCUT2D eigenvalue weighted by Gasteiger charge is -2.29. The van der Waals surface area contributed by atoms with E-state index in [1.807, 2.05) is 48.8 Å². The monoisotopic (exact) mass is 520 g/mol. The molecule has 4 aromatic carbocycles. The Hall–Kier alpha value is -4.49. The quantitative estimate of drug-likeness (QED) is 0.275. The molecule has 0 unspecified atom stereocenters. The number of rotatable bonds is 8. The van der Waals surface area contributed by atoms with Gasteiger partial charge in [0.1, 0.15) is 22.8 Å². The molecule has 0 radical (unpaired) electrons. The Kier molecular flexibility index (Phi) is 7.06. The number of fused-ring (bicyclic) bond motifs is 1. The molecule has 0 saturated carbocycles. The Morgan fingerprint density at radius 2 is 1.38 bits per heavy atom. The first-order valence-corrected chi connectivity index (χ1v) is 13.2. The molecule has 1 aliphatic heterocycles. The van der Waals surface area contributed by atoms with Gasteiger partial charge in [-0.2, -0.15) is 0 Å². The molecule has 0 aliphatic carbocycles. The van der Waals surface area contributed by atoms with Crippen molar-refractivity contribution in [3.8, 4) is 23.0 Å². The number of ether oxygens (including phenoxy) is 3. The van der Waals surface area contributed by atoms with Crippen LogP contribution < -0.4 is 24.4 Å². The largest absolute Gasteiger partial charge is 0.497 e. The predicted octanol–water partition coefficient (Wildman–Crippen LogP) is 5.89. The highest BCUT2D eigenvalue weighted by atomic mass is 16.5. The average Bonchev–Trinajstić information content (AvgIpc) is 3.43. The Labute approximate surface area is 228 Å². The number of piperazine rings is 1. The van der Waals surface area contributed by atoms with Crippen LogP contribution in [0.15, 0.2) is 97.3 Å². The molecule has 7 nitrogen and oxygen atoms in total. The van der Waals surface area contributed by atoms with Gasteiger partial charge in [0.05, 0.1) is 32.1 Å². The topological polar surface area (TPSA) is 60.8 Å². The summed E-state index contributed by atoms with van der Waals surface area (Å²) in [6.45, 7) is 3.96. The molecule has 1 aliphatic rings. The Bertz CT molecular complexity index is 1490. The van der Waals surface area contributed by atoms with E-state index in [-0.39, 0.29) is 6.04 Å². The van der Waals surface area contributed by atoms with Crippen molar-refractivity contribution >= 4 is 16.7 Å². The lowest BCUT2D eigenvalue weighted by Crippen LogP contribution is -2.43. The molecule has 1 saturated heterocycles. The lowest BCUT2D eigenvalue weighted by molar-refractivity contribution is 0.414. The van der Waals surface area contributed by atoms with Gasteiger partial charge in [-0.25, -0.2) is 4.98 Å². The second-order valence-corrected chi connectivity index (χ2v) is 9.56. The van der Waals surface area contributed by atoms with Crippen LogP contribution in [-0.2, 0) is 0 Å². The number of nitrogens with one attached hydrogen (secondary N) is 1. The summed E-state index contributed by atoms with van der Waals surface area (Å²) >= 11 is 0. The van der Waals surface area contributed by atoms with E-state index in [0.29, 0.717) is 0 Å². The molecule has 1 fully saturated rings. The first kappa shape index (κ1) is 24.8. The zero-order valence-electron chi connectivity index (χ0n) is 22.2. The number of anilines is 1. The molecule has 0 atom stereocenters. The minimum absolute atomic E-state index is 0.0990. The van der Waals surface area contributed by atoms with Crippen molar-refractivity contribution in [3.63, 3.8) is 0 Å². The summed E-state index contributed by atoms with van der Waals surface area (Å²) in [6, 6.07) is 30.7. The smallest absolute Gasteiger partial charge is 0.155 e. The second-order valence-electron chi connectivity index (χ2n) is 9.56. The van der Waals surface area contributed by atoms with Crippen molar-refractivity contribution in [2.45, 2.75) is 6.04 Å². The van der Waals surface area contributed by atoms with Crippen molar-refractivity contribution in [1.82, 2.24) is 14.9 Å². The molecule has 2 heterocycles. The number of imidazole rings is 1. The van der Waals surface area contributed by atoms with Crippen LogP contribution in [0, 0.1) is 0 Å². The van der Waals surface area contributed by atoms with E-state index in [4.69, 9.17) is 19.2 Å². The Morgan fingerprint density at radius 1 is 0.744 bits per heavy atom. The zero-order chi connectivity index (χ0) is 26.6. The predicted molar refractivity (Wildman–Crippen MR) is 155 cm³/mol. The molecule has 0 amide bonds. The number of hydrogen-bond donors (Lipinski definition) is 1. The van der Waals surface area contributed by atoms with Crippen LogP contribution in [0.2, 0.25) is 0 Å². The summed E-state index contributed by atoms with van der Waals surface area (Å²) in [5, 5.41) is 3.41. The van der Waals surface area contributed by atoms with Gasteiger partial charge >= 0.3 is 0 Å². The van der Waals surface area contributed by atoms with E-state index >= 15 is 0 Å². The van der Waals surface area contributed by atoms with Gasteiger partial charge in [-0.05, 0) is 59.7 Å². The number of benzene rings is 4. The number of methoxy groups -OCH3 is 2. The SMILES string of the molecule is COc1ccc(C(c2ccc(OC)cc2)n2cnc3c(Oc4cccc(N5CCNCC5)c4)cccc32)cc1. The average molecular weight is 521 g/mol. The van der Waals surface area contributed by atoms with Crippen molar-refractivity contribution in [1.29, 1.82) is 0 Å². The van der Waals surface area contributed by atoms with E-state index in [2.05, 4.69) is 63.3 Å². The zero-order valence-corrected chi connectivity index (χ0v) is 22.2. The maximum atomic E-state index is 6.44. The van der Waals surface area contributed by atoms with Gasteiger partial charge < -0.3 is 29.0 Å². The van der Waals surface area contributed by atoms with Crippen molar-refractivity contribution < 1.29 is 14.2 Å². The molecule has 0 bridgehead atoms. The van der Waals surface area contributed by atoms with Crippen LogP contribution in [0.5, 0.6) is 23.0 Å². The minimum Gasteiger partial charge on any atom is -0.497 e. The molecular weight excluding hydrogens is 488 g/mol. The third-order valence-corrected chi connectivity index (χ3v) is 7.24. The summed E-state index contributed by atoms with van der Waals surface area (Å²) in [4.78, 5) is 7.22. The number of para-hydroxylation sites is 1. The van der Waals surface area contributed by atoms with Crippen LogP contribution in [0.25, 0.3) is 11.0 Å². The summed E-state index contributed by atoms with van der Waals surface area (Å²) < 4.78 is 19.4. The molecule has 5 aromatic rings. The van der Waals surface area contributed by atoms with Crippen LogP contribution in [-0.4, -0.2) is 49.9 Å². The van der Waals surface area contributed by atoms with Crippen LogP contribution >= 0.6 is 0 Å². The molecule has 1 N–H and O–H groups in total. The highest BCUT2D eigenvalue weighted by molar-refractivity contribution is 5.82. The molecule has 39 heavy (non-hydrogen) atoms. The first-order valence-electron chi connectivity index (χ1n) is 13.2. The summed E-state index contributed by atoms with van der Waals surface area (Å²) in [5.41, 5.74) is 5.22. The minimum atomic E-state index is -0.0990. The third-order valence-electron chi connectivity index (χ3n) is 7.24. The van der Waals surface area contributed by atoms with Gasteiger partial charge in [-0.1, -0.05) is 36.4 Å². The summed E-state index contributed by atoms with van der Waals surface area (Å²) in [7, 11) is 3.36. The third kappa shape index (κ3) is 5.13. The fraction of sp³-hybridized carbons (Fsp3) is 0.219. The van der Waals surface area contributed by atoms with E-state index in [9.17, 15) is 0 Å². The number of aromatic nitrogens is 2. The van der Waals surface area contributed by atoms with Crippen molar-refractivity contribution in [2.24, 2.45) is 0 Å². The van der Waals surface area contributed by atoms with Crippen molar-refractivity contribution in [3.05, 3.63) is 108 Å². The van der Waals surface area contributed by atoms with Gasteiger partial charge in [-0.3, -0.25) is 0 Å². The van der Waals surface area contributed by atoms with Gasteiger partial charge in [0, 0.05) is 37.9 Å². The standard InChI is InChI=1S/C32H32N4O3/c1-37-26-13-9-23(10-14-26)32(24-11-15-27(38-2)16-12-24)36-22-34-31-29(36)7-4-8-30(31)39-28-6-3-5-25(21-28)35-19-17-33-18-20-35/h3-16,21-22,32-33H,17-20H2,1-2H3. The fourth-order valence-electron chi connectivity index (χ4n) is 5.20. The van der Waals surface area contributed by atoms with Crippen LogP contribution in [0.3, 0.4) is 0 Å². The Morgan fingerprint density at radius 3 is 2.03 bits per heavy atom. The molecule has 198 valence electrons. The molecule has 6 rings (SSSR count). The Balaban J connectivity index is 1.37. The number of nitrogens with zero attached hydrogens (tertiary/aromatic N) is 3. The highest BCUT2D eigenvalue weighted by Crippen LogP contribution is 2.36. The van der Waals surface area contributed by atoms with Crippen LogP contribution in [0.1, 0.15) is 17.2 Å². The highest BCUT2D eigenvalue weighted by Gasteiger charge is 2.21. The normalized spacial score (nSPS) is 13.6. The van der Waals surface area contributed by atoms with Crippen molar-refractivity contribution in [2.75, 3.05) is 45.3 Å². The van der Waals surface area contributed by atoms with Gasteiger partial charge in [-0.15, -0.1) is 0 Å².